The van der Waals surface area contributed by atoms with Crippen LogP contribution in [0.5, 0.6) is 0 Å². The molecule has 0 radical (unpaired) electrons. The average Bonchev–Trinajstić information content (AvgIpc) is 2.93. The molecule has 86 valence electrons. The van der Waals surface area contributed by atoms with Gasteiger partial charge in [-0.15, -0.1) is 0 Å². The molecule has 1 heteroatoms. The van der Waals surface area contributed by atoms with Crippen LogP contribution in [0.3, 0.4) is 0 Å². The van der Waals surface area contributed by atoms with Gasteiger partial charge in [0.2, 0.25) is 0 Å². The van der Waals surface area contributed by atoms with Gasteiger partial charge in [0, 0.05) is 5.41 Å². The molecule has 0 amide bonds. The summed E-state index contributed by atoms with van der Waals surface area (Å²) in [6.07, 6.45) is 11.5. The molecule has 0 aromatic carbocycles. The largest absolute Gasteiger partial charge is 0.377 e. The monoisotopic (exact) mass is 216 g/mol. The van der Waals surface area contributed by atoms with Crippen LogP contribution in [0.4, 0.5) is 0 Å². The highest BCUT2D eigenvalue weighted by Gasteiger charge is 2.78. The minimum Gasteiger partial charge on any atom is -0.377 e. The van der Waals surface area contributed by atoms with Crippen LogP contribution in [-0.4, -0.2) is 12.7 Å². The van der Waals surface area contributed by atoms with Crippen LogP contribution < -0.4 is 0 Å². The zero-order chi connectivity index (χ0) is 10.5. The summed E-state index contributed by atoms with van der Waals surface area (Å²) >= 11 is 0. The summed E-state index contributed by atoms with van der Waals surface area (Å²) in [7, 11) is 0. The second-order valence-corrected chi connectivity index (χ2v) is 7.08. The summed E-state index contributed by atoms with van der Waals surface area (Å²) < 4.78 is 6.18. The molecule has 0 aromatic heterocycles. The first-order valence-corrected chi connectivity index (χ1v) is 7.08. The highest BCUT2D eigenvalue weighted by Crippen LogP contribution is 2.80. The molecule has 1 spiro atoms. The normalized spacial score (nSPS) is 68.9. The van der Waals surface area contributed by atoms with Gasteiger partial charge in [-0.3, -0.25) is 0 Å². The molecule has 1 saturated heterocycles. The molecule has 0 N–H and O–H groups in total. The summed E-state index contributed by atoms with van der Waals surface area (Å²) in [5.74, 6) is 3.67. The van der Waals surface area contributed by atoms with Crippen LogP contribution in [0.2, 0.25) is 0 Å². The van der Waals surface area contributed by atoms with Crippen molar-refractivity contribution in [2.75, 3.05) is 6.61 Å². The average molecular weight is 216 g/mol. The first-order chi connectivity index (χ1) is 7.78. The van der Waals surface area contributed by atoms with Crippen LogP contribution in [0.15, 0.2) is 12.2 Å². The topological polar surface area (TPSA) is 9.23 Å². The van der Waals surface area contributed by atoms with Crippen molar-refractivity contribution in [3.05, 3.63) is 12.2 Å². The maximum atomic E-state index is 6.18. The van der Waals surface area contributed by atoms with Gasteiger partial charge in [-0.2, -0.15) is 0 Å². The van der Waals surface area contributed by atoms with Crippen molar-refractivity contribution >= 4 is 0 Å². The summed E-state index contributed by atoms with van der Waals surface area (Å²) in [5.41, 5.74) is 1.19. The van der Waals surface area contributed by atoms with Crippen molar-refractivity contribution in [1.82, 2.24) is 0 Å². The Kier molecular flexibility index (Phi) is 1.25. The summed E-state index contributed by atoms with van der Waals surface area (Å²) in [6, 6.07) is 0. The number of rotatable bonds is 0. The van der Waals surface area contributed by atoms with E-state index in [-0.39, 0.29) is 0 Å². The SMILES string of the molecule is C[C@]12[C@@H]3C=C[C@H]1C[C@@H]1CO[C@H]4CC[C@@H](C3)[C@@]142. The fourth-order valence-electron chi connectivity index (χ4n) is 6.93. The smallest absolute Gasteiger partial charge is 0.0643 e. The van der Waals surface area contributed by atoms with Crippen molar-refractivity contribution in [3.63, 3.8) is 0 Å². The zero-order valence-corrected chi connectivity index (χ0v) is 9.99. The maximum Gasteiger partial charge on any atom is 0.0643 e. The van der Waals surface area contributed by atoms with Crippen molar-refractivity contribution in [3.8, 4) is 0 Å². The van der Waals surface area contributed by atoms with E-state index < -0.39 is 0 Å². The summed E-state index contributed by atoms with van der Waals surface area (Å²) in [4.78, 5) is 0. The number of hydrogen-bond donors (Lipinski definition) is 0. The second kappa shape index (κ2) is 2.29. The highest BCUT2D eigenvalue weighted by molar-refractivity contribution is 5.32. The summed E-state index contributed by atoms with van der Waals surface area (Å²) in [5, 5.41) is 0. The van der Waals surface area contributed by atoms with Crippen molar-refractivity contribution in [2.24, 2.45) is 34.5 Å². The van der Waals surface area contributed by atoms with E-state index in [1.54, 1.807) is 0 Å². The molecule has 4 aliphatic carbocycles. The van der Waals surface area contributed by atoms with Gasteiger partial charge in [0.05, 0.1) is 12.7 Å². The van der Waals surface area contributed by atoms with E-state index in [4.69, 9.17) is 4.74 Å². The minimum atomic E-state index is 0.583. The molecular weight excluding hydrogens is 196 g/mol. The molecule has 1 heterocycles. The first kappa shape index (κ1) is 8.74. The quantitative estimate of drug-likeness (QED) is 0.566. The van der Waals surface area contributed by atoms with Gasteiger partial charge in [0.25, 0.3) is 0 Å². The Labute approximate surface area is 97.2 Å². The van der Waals surface area contributed by atoms with Crippen LogP contribution >= 0.6 is 0 Å². The zero-order valence-electron chi connectivity index (χ0n) is 9.99. The van der Waals surface area contributed by atoms with Crippen LogP contribution in [-0.2, 0) is 4.74 Å². The van der Waals surface area contributed by atoms with E-state index in [0.717, 1.165) is 30.3 Å². The Hall–Kier alpha value is -0.300. The third-order valence-electron chi connectivity index (χ3n) is 7.29. The molecular formula is C15H20O. The van der Waals surface area contributed by atoms with E-state index in [1.165, 1.54) is 25.7 Å². The van der Waals surface area contributed by atoms with Gasteiger partial charge in [-0.1, -0.05) is 19.1 Å². The second-order valence-electron chi connectivity index (χ2n) is 7.08. The van der Waals surface area contributed by atoms with Gasteiger partial charge in [0.1, 0.15) is 0 Å². The van der Waals surface area contributed by atoms with Gasteiger partial charge in [-0.05, 0) is 54.8 Å². The molecule has 0 bridgehead atoms. The lowest BCUT2D eigenvalue weighted by atomic mass is 9.60. The Balaban J connectivity index is 1.81. The molecule has 0 aromatic rings. The number of ether oxygens (including phenoxy) is 1. The number of hydrogen-bond acceptors (Lipinski definition) is 1. The number of allylic oxidation sites excluding steroid dienone is 2. The molecule has 5 rings (SSSR count). The molecule has 7 atom stereocenters. The van der Waals surface area contributed by atoms with Gasteiger partial charge >= 0.3 is 0 Å². The third kappa shape index (κ3) is 0.580. The molecule has 0 unspecified atom stereocenters. The molecule has 5 aliphatic rings. The van der Waals surface area contributed by atoms with Gasteiger partial charge in [0.15, 0.2) is 0 Å². The Morgan fingerprint density at radius 3 is 2.62 bits per heavy atom. The van der Waals surface area contributed by atoms with Crippen LogP contribution in [0.1, 0.15) is 32.6 Å². The minimum absolute atomic E-state index is 0.583. The molecule has 1 aliphatic heterocycles. The molecule has 16 heavy (non-hydrogen) atoms. The van der Waals surface area contributed by atoms with Gasteiger partial charge in [-0.25, -0.2) is 0 Å². The predicted octanol–water partition coefficient (Wildman–Crippen LogP) is 3.01. The van der Waals surface area contributed by atoms with E-state index in [2.05, 4.69) is 19.1 Å². The van der Waals surface area contributed by atoms with Crippen molar-refractivity contribution in [2.45, 2.75) is 38.7 Å². The Morgan fingerprint density at radius 1 is 1.06 bits per heavy atom. The Morgan fingerprint density at radius 2 is 1.81 bits per heavy atom. The van der Waals surface area contributed by atoms with Crippen molar-refractivity contribution < 1.29 is 4.74 Å². The maximum absolute atomic E-state index is 6.18. The lowest BCUT2D eigenvalue weighted by Gasteiger charge is -2.43. The lowest BCUT2D eigenvalue weighted by molar-refractivity contribution is -0.0140. The molecule has 4 fully saturated rings. The third-order valence-corrected chi connectivity index (χ3v) is 7.29. The predicted molar refractivity (Wildman–Crippen MR) is 61.8 cm³/mol. The van der Waals surface area contributed by atoms with E-state index in [1.807, 2.05) is 0 Å². The first-order valence-electron chi connectivity index (χ1n) is 7.08. The fraction of sp³-hybridized carbons (Fsp3) is 0.867. The van der Waals surface area contributed by atoms with Gasteiger partial charge < -0.3 is 4.74 Å². The molecule has 3 saturated carbocycles. The summed E-state index contributed by atoms with van der Waals surface area (Å²) in [6.45, 7) is 3.68. The Bertz CT molecular complexity index is 368. The highest BCUT2D eigenvalue weighted by atomic mass is 16.5. The molecule has 1 nitrogen and oxygen atoms in total. The standard InChI is InChI=1S/C15H20O/c1-14-9-2-3-10(14)7-12-8-16-13-5-4-11(6-9)15(12,13)14/h2-3,9-13H,4-8H2,1H3/t9-,10+,11+,12-,13+,14+,15-/m1/s1. The van der Waals surface area contributed by atoms with Crippen molar-refractivity contribution in [1.29, 1.82) is 0 Å². The fourth-order valence-corrected chi connectivity index (χ4v) is 6.93. The van der Waals surface area contributed by atoms with E-state index in [0.29, 0.717) is 16.9 Å². The lowest BCUT2D eigenvalue weighted by Crippen LogP contribution is -2.44. The van der Waals surface area contributed by atoms with E-state index in [9.17, 15) is 0 Å². The van der Waals surface area contributed by atoms with Crippen LogP contribution in [0, 0.1) is 34.5 Å². The van der Waals surface area contributed by atoms with Crippen LogP contribution in [0.25, 0.3) is 0 Å². The van der Waals surface area contributed by atoms with E-state index >= 15 is 0 Å².